The molecule has 163 valence electrons. The van der Waals surface area contributed by atoms with E-state index in [4.69, 9.17) is 4.43 Å². The molecule has 1 N–H and O–H groups in total. The molecule has 1 aromatic rings. The van der Waals surface area contributed by atoms with Crippen molar-refractivity contribution in [2.75, 3.05) is 6.54 Å². The summed E-state index contributed by atoms with van der Waals surface area (Å²) in [6.07, 6.45) is 1.58. The minimum atomic E-state index is -1.24. The molecule has 2 unspecified atom stereocenters. The standard InChI is InChI=1S/C22H31N2O5Si/c1-15(25)23-13-17(16-11-9-8-10-12-16)24(14-18(26)27)20(28)19(23)22(5,21(2,3)4)29-30(6)7/h8-13,19H,14H2,1-7H3,(H,26,27). The van der Waals surface area contributed by atoms with Gasteiger partial charge in [-0.25, -0.2) is 0 Å². The molecule has 1 aliphatic rings. The molecule has 2 amide bonds. The van der Waals surface area contributed by atoms with E-state index in [0.29, 0.717) is 11.3 Å². The normalized spacial score (nSPS) is 19.5. The second-order valence-electron chi connectivity index (χ2n) is 8.89. The van der Waals surface area contributed by atoms with Crippen LogP contribution in [-0.4, -0.2) is 59.9 Å². The number of amides is 2. The van der Waals surface area contributed by atoms with Crippen molar-refractivity contribution in [3.05, 3.63) is 42.1 Å². The predicted molar refractivity (Wildman–Crippen MR) is 117 cm³/mol. The van der Waals surface area contributed by atoms with Gasteiger partial charge in [0.1, 0.15) is 12.6 Å². The van der Waals surface area contributed by atoms with Gasteiger partial charge in [-0.15, -0.1) is 0 Å². The first kappa shape index (κ1) is 23.8. The van der Waals surface area contributed by atoms with Gasteiger partial charge in [-0.2, -0.15) is 0 Å². The van der Waals surface area contributed by atoms with E-state index in [2.05, 4.69) is 0 Å². The quantitative estimate of drug-likeness (QED) is 0.699. The van der Waals surface area contributed by atoms with Gasteiger partial charge in [-0.1, -0.05) is 51.1 Å². The fraction of sp³-hybridized carbons (Fsp3) is 0.500. The fourth-order valence-corrected chi connectivity index (χ4v) is 4.88. The van der Waals surface area contributed by atoms with E-state index in [1.54, 1.807) is 30.5 Å². The molecule has 7 nitrogen and oxygen atoms in total. The van der Waals surface area contributed by atoms with Crippen molar-refractivity contribution in [3.63, 3.8) is 0 Å². The molecule has 2 rings (SSSR count). The zero-order valence-electron chi connectivity index (χ0n) is 18.7. The van der Waals surface area contributed by atoms with Gasteiger partial charge in [-0.3, -0.25) is 19.3 Å². The largest absolute Gasteiger partial charge is 0.480 e. The molecule has 1 heterocycles. The number of carbonyl (C=O) groups is 3. The number of carbonyl (C=O) groups excluding carboxylic acids is 2. The molecular formula is C22H31N2O5Si. The molecule has 8 heteroatoms. The third-order valence-corrected chi connectivity index (χ3v) is 6.32. The highest BCUT2D eigenvalue weighted by Crippen LogP contribution is 2.42. The molecule has 0 spiro atoms. The molecule has 1 radical (unpaired) electrons. The maximum atomic E-state index is 13.8. The highest BCUT2D eigenvalue weighted by molar-refractivity contribution is 6.48. The summed E-state index contributed by atoms with van der Waals surface area (Å²) in [7, 11) is -1.24. The maximum Gasteiger partial charge on any atom is 0.323 e. The Labute approximate surface area is 180 Å². The first-order valence-corrected chi connectivity index (χ1v) is 12.3. The van der Waals surface area contributed by atoms with Crippen LogP contribution in [0.15, 0.2) is 36.5 Å². The SMILES string of the molecule is CC(=O)N1C=C(c2ccccc2)N(CC(=O)O)C(=O)C1C(C)(O[Si](C)C)C(C)(C)C. The highest BCUT2D eigenvalue weighted by Gasteiger charge is 2.55. The Morgan fingerprint density at radius 3 is 2.13 bits per heavy atom. The van der Waals surface area contributed by atoms with E-state index in [-0.39, 0.29) is 5.91 Å². The number of rotatable bonds is 6. The van der Waals surface area contributed by atoms with Gasteiger partial charge in [-0.05, 0) is 31.0 Å². The van der Waals surface area contributed by atoms with E-state index in [0.717, 1.165) is 0 Å². The highest BCUT2D eigenvalue weighted by atomic mass is 28.3. The van der Waals surface area contributed by atoms with E-state index in [9.17, 15) is 19.5 Å². The number of carboxylic acid groups (broad SMARTS) is 1. The van der Waals surface area contributed by atoms with Crippen molar-refractivity contribution in [1.29, 1.82) is 0 Å². The molecule has 0 aliphatic carbocycles. The van der Waals surface area contributed by atoms with E-state index in [1.165, 1.54) is 16.7 Å². The number of nitrogens with zero attached hydrogens (tertiary/aromatic N) is 2. The summed E-state index contributed by atoms with van der Waals surface area (Å²) in [6, 6.07) is 8.01. The Kier molecular flexibility index (Phi) is 6.93. The van der Waals surface area contributed by atoms with Gasteiger partial charge in [0, 0.05) is 13.1 Å². The van der Waals surface area contributed by atoms with Crippen molar-refractivity contribution in [3.8, 4) is 0 Å². The summed E-state index contributed by atoms with van der Waals surface area (Å²) in [5.74, 6) is -1.90. The minimum Gasteiger partial charge on any atom is -0.480 e. The molecule has 0 fully saturated rings. The van der Waals surface area contributed by atoms with Crippen LogP contribution in [0.3, 0.4) is 0 Å². The van der Waals surface area contributed by atoms with E-state index >= 15 is 0 Å². The first-order valence-electron chi connectivity index (χ1n) is 9.88. The lowest BCUT2D eigenvalue weighted by Crippen LogP contribution is -2.67. The molecule has 0 saturated carbocycles. The lowest BCUT2D eigenvalue weighted by Gasteiger charge is -2.52. The minimum absolute atomic E-state index is 0.309. The van der Waals surface area contributed by atoms with Crippen LogP contribution in [0.1, 0.15) is 40.2 Å². The van der Waals surface area contributed by atoms with Crippen LogP contribution < -0.4 is 0 Å². The van der Waals surface area contributed by atoms with Crippen LogP contribution in [0.4, 0.5) is 0 Å². The van der Waals surface area contributed by atoms with Crippen molar-refractivity contribution in [2.24, 2.45) is 5.41 Å². The Morgan fingerprint density at radius 1 is 1.13 bits per heavy atom. The van der Waals surface area contributed by atoms with Gasteiger partial charge in [0.05, 0.1) is 11.3 Å². The maximum absolute atomic E-state index is 13.8. The first-order chi connectivity index (χ1) is 13.8. The third-order valence-electron chi connectivity index (χ3n) is 5.48. The Balaban J connectivity index is 2.74. The van der Waals surface area contributed by atoms with Crippen molar-refractivity contribution >= 4 is 32.5 Å². The summed E-state index contributed by atoms with van der Waals surface area (Å²) >= 11 is 0. The van der Waals surface area contributed by atoms with Crippen molar-refractivity contribution in [1.82, 2.24) is 9.80 Å². The zero-order valence-corrected chi connectivity index (χ0v) is 19.7. The topological polar surface area (TPSA) is 87.2 Å². The number of hydrogen-bond donors (Lipinski definition) is 1. The number of benzene rings is 1. The van der Waals surface area contributed by atoms with Gasteiger partial charge in [0.15, 0.2) is 0 Å². The summed E-state index contributed by atoms with van der Waals surface area (Å²) in [6.45, 7) is 12.6. The second kappa shape index (κ2) is 8.73. The van der Waals surface area contributed by atoms with Gasteiger partial charge < -0.3 is 14.4 Å². The van der Waals surface area contributed by atoms with Gasteiger partial charge in [0.2, 0.25) is 14.9 Å². The fourth-order valence-electron chi connectivity index (χ4n) is 3.62. The average molecular weight is 432 g/mol. The Bertz CT molecular complexity index is 847. The number of carboxylic acids is 1. The predicted octanol–water partition coefficient (Wildman–Crippen LogP) is 3.20. The molecule has 30 heavy (non-hydrogen) atoms. The second-order valence-corrected chi connectivity index (χ2v) is 10.9. The summed E-state index contributed by atoms with van der Waals surface area (Å²) in [5.41, 5.74) is -0.492. The smallest absolute Gasteiger partial charge is 0.323 e. The van der Waals surface area contributed by atoms with Crippen LogP contribution in [0.25, 0.3) is 5.70 Å². The van der Waals surface area contributed by atoms with Crippen molar-refractivity contribution < 1.29 is 23.9 Å². The lowest BCUT2D eigenvalue weighted by molar-refractivity contribution is -0.160. The zero-order chi connectivity index (χ0) is 22.9. The third kappa shape index (κ3) is 4.65. The molecule has 0 saturated heterocycles. The molecule has 1 aromatic carbocycles. The monoisotopic (exact) mass is 431 g/mol. The van der Waals surface area contributed by atoms with Crippen LogP contribution in [0.5, 0.6) is 0 Å². The van der Waals surface area contributed by atoms with Gasteiger partial charge in [0.25, 0.3) is 5.91 Å². The van der Waals surface area contributed by atoms with E-state index < -0.39 is 44.5 Å². The van der Waals surface area contributed by atoms with Gasteiger partial charge >= 0.3 is 5.97 Å². The Morgan fingerprint density at radius 2 is 1.70 bits per heavy atom. The number of hydrogen-bond acceptors (Lipinski definition) is 4. The molecule has 0 bridgehead atoms. The summed E-state index contributed by atoms with van der Waals surface area (Å²) in [5, 5.41) is 9.49. The van der Waals surface area contributed by atoms with Crippen LogP contribution in [0.2, 0.25) is 13.1 Å². The van der Waals surface area contributed by atoms with Crippen LogP contribution in [0, 0.1) is 5.41 Å². The van der Waals surface area contributed by atoms with Crippen LogP contribution in [-0.2, 0) is 18.8 Å². The summed E-state index contributed by atoms with van der Waals surface area (Å²) in [4.78, 5) is 40.7. The molecule has 0 aromatic heterocycles. The summed E-state index contributed by atoms with van der Waals surface area (Å²) < 4.78 is 6.37. The lowest BCUT2D eigenvalue weighted by atomic mass is 9.71. The molecule has 1 aliphatic heterocycles. The molecular weight excluding hydrogens is 400 g/mol. The molecule has 2 atom stereocenters. The van der Waals surface area contributed by atoms with Crippen LogP contribution >= 0.6 is 0 Å². The number of aliphatic carboxylic acids is 1. The average Bonchev–Trinajstić information content (AvgIpc) is 2.61. The van der Waals surface area contributed by atoms with Crippen molar-refractivity contribution in [2.45, 2.75) is 59.4 Å². The Hall–Kier alpha value is -2.45. The van der Waals surface area contributed by atoms with E-state index in [1.807, 2.05) is 46.9 Å².